The minimum atomic E-state index is -1.11. The predicted octanol–water partition coefficient (Wildman–Crippen LogP) is 5.40. The zero-order chi connectivity index (χ0) is 25.8. The maximum Gasteiger partial charge on any atom is 0.312 e. The van der Waals surface area contributed by atoms with Crippen molar-refractivity contribution in [1.82, 2.24) is 0 Å². The van der Waals surface area contributed by atoms with E-state index in [1.807, 2.05) is 0 Å². The van der Waals surface area contributed by atoms with Crippen LogP contribution in [0.15, 0.2) is 0 Å². The van der Waals surface area contributed by atoms with Gasteiger partial charge in [-0.1, -0.05) is 34.6 Å². The van der Waals surface area contributed by atoms with Crippen molar-refractivity contribution in [2.75, 3.05) is 0 Å². The van der Waals surface area contributed by atoms with Gasteiger partial charge in [0.2, 0.25) is 0 Å². The van der Waals surface area contributed by atoms with E-state index >= 15 is 0 Å². The molecule has 0 bridgehead atoms. The fraction of sp³-hybridized carbons (Fsp3) is 0.967. The van der Waals surface area contributed by atoms with Crippen molar-refractivity contribution >= 4 is 5.97 Å². The van der Waals surface area contributed by atoms with E-state index < -0.39 is 23.1 Å². The summed E-state index contributed by atoms with van der Waals surface area (Å²) in [7, 11) is 0. The number of aliphatic carboxylic acids is 1. The van der Waals surface area contributed by atoms with Crippen LogP contribution in [0.5, 0.6) is 0 Å². The molecule has 0 aliphatic heterocycles. The molecule has 200 valence electrons. The van der Waals surface area contributed by atoms with Gasteiger partial charge < -0.3 is 20.4 Å². The van der Waals surface area contributed by atoms with Gasteiger partial charge in [0.15, 0.2) is 0 Å². The summed E-state index contributed by atoms with van der Waals surface area (Å²) in [6, 6.07) is 0. The molecule has 35 heavy (non-hydrogen) atoms. The number of aliphatic hydroxyl groups is 3. The molecule has 11 atom stereocenters. The lowest BCUT2D eigenvalue weighted by atomic mass is 9.41. The molecule has 5 rings (SSSR count). The summed E-state index contributed by atoms with van der Waals surface area (Å²) in [4.78, 5) is 12.5. The third-order valence-electron chi connectivity index (χ3n) is 13.5. The Kier molecular flexibility index (Phi) is 5.71. The Labute approximate surface area is 212 Å². The van der Waals surface area contributed by atoms with Crippen molar-refractivity contribution in [3.05, 3.63) is 0 Å². The van der Waals surface area contributed by atoms with Gasteiger partial charge in [0.05, 0.1) is 23.2 Å². The summed E-state index contributed by atoms with van der Waals surface area (Å²) >= 11 is 0. The molecule has 0 amide bonds. The lowest BCUT2D eigenvalue weighted by Crippen LogP contribution is -2.63. The highest BCUT2D eigenvalue weighted by atomic mass is 16.4. The van der Waals surface area contributed by atoms with Gasteiger partial charge in [0, 0.05) is 0 Å². The monoisotopic (exact) mass is 490 g/mol. The van der Waals surface area contributed by atoms with Crippen molar-refractivity contribution in [2.24, 2.45) is 50.7 Å². The summed E-state index contributed by atoms with van der Waals surface area (Å²) in [6.07, 6.45) is 8.42. The molecule has 0 aromatic rings. The second-order valence-corrected chi connectivity index (χ2v) is 15.3. The van der Waals surface area contributed by atoms with Gasteiger partial charge in [0.25, 0.3) is 0 Å². The quantitative estimate of drug-likeness (QED) is 0.395. The molecule has 0 heterocycles. The van der Waals surface area contributed by atoms with E-state index in [-0.39, 0.29) is 39.6 Å². The molecule has 4 N–H and O–H groups in total. The van der Waals surface area contributed by atoms with Gasteiger partial charge >= 0.3 is 5.97 Å². The standard InChI is InChI=1S/C30H50O5/c1-25(2)18-10-16-30(35)17-26(3)13-9-20-28(5,15-12-23(32)29(20,6)24(33)34)19(26)7-8-21(30)27(18,4)14-11-22(25)31/h18-23,31-32,35H,7-17H2,1-6H3,(H,33,34). The largest absolute Gasteiger partial charge is 0.481 e. The van der Waals surface area contributed by atoms with Crippen LogP contribution in [0.2, 0.25) is 0 Å². The fourth-order valence-corrected chi connectivity index (χ4v) is 11.7. The highest BCUT2D eigenvalue weighted by molar-refractivity contribution is 5.76. The molecule has 0 saturated heterocycles. The summed E-state index contributed by atoms with van der Waals surface area (Å²) in [5.41, 5.74) is -2.10. The van der Waals surface area contributed by atoms with E-state index in [9.17, 15) is 25.2 Å². The summed E-state index contributed by atoms with van der Waals surface area (Å²) < 4.78 is 0. The van der Waals surface area contributed by atoms with Crippen LogP contribution < -0.4 is 0 Å². The Morgan fingerprint density at radius 3 is 1.83 bits per heavy atom. The SMILES string of the molecule is CC12CCC3C(C)(CCC(O)C3(C)C(=O)O)C1CCC1C(O)(CCC3C(C)(C)C(O)CCC13C)C2. The highest BCUT2D eigenvalue weighted by Gasteiger charge is 2.68. The first kappa shape index (κ1) is 26.0. The van der Waals surface area contributed by atoms with Crippen LogP contribution >= 0.6 is 0 Å². The molecule has 0 aromatic carbocycles. The number of hydrogen-bond donors (Lipinski definition) is 4. The Bertz CT molecular complexity index is 886. The Morgan fingerprint density at radius 2 is 1.20 bits per heavy atom. The van der Waals surface area contributed by atoms with Crippen molar-refractivity contribution < 1.29 is 25.2 Å². The number of rotatable bonds is 1. The number of carbonyl (C=O) groups is 1. The topological polar surface area (TPSA) is 98.0 Å². The maximum atomic E-state index is 12.5. The van der Waals surface area contributed by atoms with E-state index in [0.29, 0.717) is 18.3 Å². The van der Waals surface area contributed by atoms with Crippen molar-refractivity contribution in [1.29, 1.82) is 0 Å². The van der Waals surface area contributed by atoms with Crippen molar-refractivity contribution in [3.63, 3.8) is 0 Å². The smallest absolute Gasteiger partial charge is 0.312 e. The zero-order valence-corrected chi connectivity index (χ0v) is 22.9. The van der Waals surface area contributed by atoms with Crippen LogP contribution in [0.1, 0.15) is 112 Å². The van der Waals surface area contributed by atoms with Gasteiger partial charge in [-0.25, -0.2) is 0 Å². The first-order chi connectivity index (χ1) is 16.1. The number of carboxylic acid groups (broad SMARTS) is 1. The van der Waals surface area contributed by atoms with E-state index in [2.05, 4.69) is 34.6 Å². The predicted molar refractivity (Wildman–Crippen MR) is 136 cm³/mol. The summed E-state index contributed by atoms with van der Waals surface area (Å²) in [6.45, 7) is 13.3. The van der Waals surface area contributed by atoms with Crippen LogP contribution in [-0.2, 0) is 4.79 Å². The van der Waals surface area contributed by atoms with Crippen molar-refractivity contribution in [2.45, 2.75) is 130 Å². The van der Waals surface area contributed by atoms with E-state index in [1.165, 1.54) is 0 Å². The van der Waals surface area contributed by atoms with Gasteiger partial charge in [0.1, 0.15) is 0 Å². The first-order valence-electron chi connectivity index (χ1n) is 14.4. The Hall–Kier alpha value is -0.650. The van der Waals surface area contributed by atoms with Crippen molar-refractivity contribution in [3.8, 4) is 0 Å². The number of aliphatic hydroxyl groups excluding tert-OH is 2. The molecule has 5 aliphatic carbocycles. The summed E-state index contributed by atoms with van der Waals surface area (Å²) in [5.74, 6) is 0.0595. The van der Waals surface area contributed by atoms with Gasteiger partial charge in [-0.2, -0.15) is 0 Å². The van der Waals surface area contributed by atoms with E-state index in [4.69, 9.17) is 0 Å². The second-order valence-electron chi connectivity index (χ2n) is 15.3. The van der Waals surface area contributed by atoms with E-state index in [1.54, 1.807) is 6.92 Å². The minimum absolute atomic E-state index is 0.0121. The third-order valence-corrected chi connectivity index (χ3v) is 13.5. The van der Waals surface area contributed by atoms with Gasteiger partial charge in [-0.15, -0.1) is 0 Å². The third kappa shape index (κ3) is 3.25. The molecule has 11 unspecified atom stereocenters. The van der Waals surface area contributed by atoms with Gasteiger partial charge in [-0.05, 0) is 123 Å². The van der Waals surface area contributed by atoms with Crippen LogP contribution in [0.25, 0.3) is 0 Å². The number of hydrogen-bond acceptors (Lipinski definition) is 4. The molecule has 0 radical (unpaired) electrons. The summed E-state index contributed by atoms with van der Waals surface area (Å²) in [5, 5.41) is 44.4. The molecule has 0 aromatic heterocycles. The average molecular weight is 491 g/mol. The molecule has 5 nitrogen and oxygen atoms in total. The van der Waals surface area contributed by atoms with Crippen LogP contribution in [-0.4, -0.2) is 44.2 Å². The van der Waals surface area contributed by atoms with Crippen LogP contribution in [0.4, 0.5) is 0 Å². The van der Waals surface area contributed by atoms with E-state index in [0.717, 1.165) is 64.2 Å². The highest BCUT2D eigenvalue weighted by Crippen LogP contribution is 2.71. The molecule has 5 saturated carbocycles. The molecule has 5 fully saturated rings. The second kappa shape index (κ2) is 7.69. The average Bonchev–Trinajstić information content (AvgIpc) is 2.88. The molecular weight excluding hydrogens is 440 g/mol. The minimum Gasteiger partial charge on any atom is -0.481 e. The Balaban J connectivity index is 1.53. The zero-order valence-electron chi connectivity index (χ0n) is 22.9. The fourth-order valence-electron chi connectivity index (χ4n) is 11.7. The van der Waals surface area contributed by atoms with Gasteiger partial charge in [-0.3, -0.25) is 4.79 Å². The van der Waals surface area contributed by atoms with Crippen LogP contribution in [0.3, 0.4) is 0 Å². The first-order valence-corrected chi connectivity index (χ1v) is 14.4. The molecule has 0 spiro atoms. The normalized spacial score (nSPS) is 57.6. The number of carboxylic acids is 1. The molecule has 5 heteroatoms. The maximum absolute atomic E-state index is 12.5. The number of fused-ring (bicyclic) bond motifs is 6. The lowest BCUT2D eigenvalue weighted by molar-refractivity contribution is -0.216. The lowest BCUT2D eigenvalue weighted by Gasteiger charge is -2.64. The Morgan fingerprint density at radius 1 is 0.657 bits per heavy atom. The van der Waals surface area contributed by atoms with Crippen LogP contribution in [0, 0.1) is 50.7 Å². The molecular formula is C30H50O5. The molecule has 5 aliphatic rings.